The summed E-state index contributed by atoms with van der Waals surface area (Å²) < 4.78 is 25.3. The predicted molar refractivity (Wildman–Crippen MR) is 205 cm³/mol. The second-order valence-corrected chi connectivity index (χ2v) is 14.3. The summed E-state index contributed by atoms with van der Waals surface area (Å²) in [5.74, 6) is -1.54. The number of phenolic OH excluding ortho intramolecular Hbond substituents is 1. The number of oxime groups is 1. The Bertz CT molecular complexity index is 1560. The third kappa shape index (κ3) is 9.77. The minimum absolute atomic E-state index is 0.00919. The third-order valence-corrected chi connectivity index (χ3v) is 10.7. The SMILES string of the molecule is C=CCO[C@@]12Oc3ccc(O)cc3[C@H]3[C@H](CCCCO)[C@@H](CCCCO)C=C(C(=NOCc4ccccc4)C[C@@H]1N(CCOCCO)C(=O)OCCCl)[C@H]32. The van der Waals surface area contributed by atoms with Gasteiger partial charge in [0.2, 0.25) is 5.79 Å². The van der Waals surface area contributed by atoms with Gasteiger partial charge in [-0.05, 0) is 66.9 Å². The minimum Gasteiger partial charge on any atom is -0.508 e. The van der Waals surface area contributed by atoms with Crippen molar-refractivity contribution in [3.63, 3.8) is 0 Å². The molecule has 1 aliphatic heterocycles. The number of nitrogens with zero attached hydrogens (tertiary/aromatic N) is 2. The van der Waals surface area contributed by atoms with E-state index in [2.05, 4.69) is 12.7 Å². The Morgan fingerprint density at radius 2 is 1.80 bits per heavy atom. The molecule has 1 fully saturated rings. The normalized spacial score (nSPS) is 24.9. The van der Waals surface area contributed by atoms with Crippen LogP contribution in [0.4, 0.5) is 4.79 Å². The molecule has 1 heterocycles. The zero-order valence-electron chi connectivity index (χ0n) is 30.9. The second kappa shape index (κ2) is 20.9. The molecule has 296 valence electrons. The van der Waals surface area contributed by atoms with Crippen molar-refractivity contribution in [2.24, 2.45) is 22.9 Å². The molecule has 0 unspecified atom stereocenters. The summed E-state index contributed by atoms with van der Waals surface area (Å²) in [7, 11) is 0. The lowest BCUT2D eigenvalue weighted by Gasteiger charge is -2.59. The maximum Gasteiger partial charge on any atom is 0.410 e. The van der Waals surface area contributed by atoms with Gasteiger partial charge in [0.15, 0.2) is 0 Å². The van der Waals surface area contributed by atoms with Crippen molar-refractivity contribution >= 4 is 23.4 Å². The molecule has 0 bridgehead atoms. The van der Waals surface area contributed by atoms with E-state index >= 15 is 0 Å². The van der Waals surface area contributed by atoms with Crippen LogP contribution in [0.3, 0.4) is 0 Å². The van der Waals surface area contributed by atoms with Gasteiger partial charge in [-0.25, -0.2) is 4.79 Å². The van der Waals surface area contributed by atoms with Crippen LogP contribution in [-0.4, -0.2) is 108 Å². The number of rotatable bonds is 22. The summed E-state index contributed by atoms with van der Waals surface area (Å²) >= 11 is 5.98. The lowest BCUT2D eigenvalue weighted by molar-refractivity contribution is -0.256. The van der Waals surface area contributed by atoms with Gasteiger partial charge >= 0.3 is 6.09 Å². The fourth-order valence-corrected chi connectivity index (χ4v) is 8.41. The monoisotopic (exact) mass is 770 g/mol. The first-order valence-electron chi connectivity index (χ1n) is 19.0. The molecule has 2 aromatic carbocycles. The third-order valence-electron chi connectivity index (χ3n) is 10.5. The van der Waals surface area contributed by atoms with E-state index in [1.54, 1.807) is 29.2 Å². The molecule has 4 N–H and O–H groups in total. The Kier molecular flexibility index (Phi) is 16.0. The van der Waals surface area contributed by atoms with Crippen LogP contribution in [0.15, 0.2) is 78.0 Å². The zero-order valence-corrected chi connectivity index (χ0v) is 31.7. The molecule has 0 aromatic heterocycles. The Hall–Kier alpha value is -3.65. The van der Waals surface area contributed by atoms with Crippen LogP contribution >= 0.6 is 11.6 Å². The lowest BCUT2D eigenvalue weighted by atomic mass is 9.55. The van der Waals surface area contributed by atoms with Crippen LogP contribution in [0.25, 0.3) is 0 Å². The van der Waals surface area contributed by atoms with E-state index in [0.29, 0.717) is 24.3 Å². The van der Waals surface area contributed by atoms with Gasteiger partial charge in [-0.2, -0.15) is 0 Å². The highest BCUT2D eigenvalue weighted by Gasteiger charge is 2.65. The number of alkyl halides is 1. The summed E-state index contributed by atoms with van der Waals surface area (Å²) in [6.07, 6.45) is 7.85. The topological polar surface area (TPSA) is 160 Å². The molecule has 2 aromatic rings. The van der Waals surface area contributed by atoms with Crippen molar-refractivity contribution in [3.05, 3.63) is 84.0 Å². The van der Waals surface area contributed by atoms with E-state index in [1.165, 1.54) is 0 Å². The van der Waals surface area contributed by atoms with Crippen molar-refractivity contribution in [1.29, 1.82) is 0 Å². The number of hydrogen-bond acceptors (Lipinski definition) is 11. The summed E-state index contributed by atoms with van der Waals surface area (Å²) in [4.78, 5) is 21.7. The van der Waals surface area contributed by atoms with Crippen molar-refractivity contribution in [1.82, 2.24) is 4.90 Å². The number of ether oxygens (including phenoxy) is 4. The quantitative estimate of drug-likeness (QED) is 0.0491. The van der Waals surface area contributed by atoms with Crippen molar-refractivity contribution in [3.8, 4) is 11.5 Å². The Morgan fingerprint density at radius 3 is 2.52 bits per heavy atom. The number of unbranched alkanes of at least 4 members (excludes halogenated alkanes) is 2. The number of benzene rings is 2. The average Bonchev–Trinajstić information content (AvgIpc) is 3.18. The maximum absolute atomic E-state index is 14.1. The Balaban J connectivity index is 1.73. The number of aromatic hydroxyl groups is 1. The summed E-state index contributed by atoms with van der Waals surface area (Å²) in [6, 6.07) is 14.0. The smallest absolute Gasteiger partial charge is 0.410 e. The predicted octanol–water partition coefficient (Wildman–Crippen LogP) is 5.91. The number of phenols is 1. The van der Waals surface area contributed by atoms with Crippen LogP contribution in [0, 0.1) is 17.8 Å². The number of halogens is 1. The first kappa shape index (κ1) is 41.5. The number of amides is 1. The van der Waals surface area contributed by atoms with Gasteiger partial charge in [0.1, 0.15) is 30.8 Å². The summed E-state index contributed by atoms with van der Waals surface area (Å²) in [5, 5.41) is 44.7. The number of hydrogen-bond donors (Lipinski definition) is 4. The summed E-state index contributed by atoms with van der Waals surface area (Å²) in [6.45, 7) is 4.49. The van der Waals surface area contributed by atoms with Gasteiger partial charge in [0, 0.05) is 37.7 Å². The van der Waals surface area contributed by atoms with Gasteiger partial charge in [-0.15, -0.1) is 18.2 Å². The molecule has 5 rings (SSSR count). The van der Waals surface area contributed by atoms with E-state index in [0.717, 1.165) is 42.4 Å². The molecule has 1 amide bonds. The molecule has 0 spiro atoms. The van der Waals surface area contributed by atoms with E-state index in [-0.39, 0.29) is 95.2 Å². The summed E-state index contributed by atoms with van der Waals surface area (Å²) in [5.41, 5.74) is 3.26. The first-order valence-corrected chi connectivity index (χ1v) is 19.6. The van der Waals surface area contributed by atoms with Crippen molar-refractivity contribution in [2.45, 2.75) is 69.3 Å². The molecule has 0 saturated heterocycles. The number of fused-ring (bicyclic) bond motifs is 2. The van der Waals surface area contributed by atoms with E-state index in [1.807, 2.05) is 30.3 Å². The van der Waals surface area contributed by atoms with Crippen LogP contribution < -0.4 is 4.74 Å². The minimum atomic E-state index is -1.49. The van der Waals surface area contributed by atoms with Gasteiger partial charge in [0.05, 0.1) is 43.9 Å². The number of carbonyl (C=O) groups excluding carboxylic acids is 1. The lowest BCUT2D eigenvalue weighted by Crippen LogP contribution is -2.70. The number of aliphatic hydroxyl groups is 3. The van der Waals surface area contributed by atoms with E-state index in [4.69, 9.17) is 40.5 Å². The average molecular weight is 771 g/mol. The first-order chi connectivity index (χ1) is 26.4. The number of carbonyl (C=O) groups is 1. The van der Waals surface area contributed by atoms with E-state index in [9.17, 15) is 25.2 Å². The molecule has 13 heteroatoms. The molecule has 12 nitrogen and oxygen atoms in total. The standard InChI is InChI=1S/C41H55ClN2O10/c1-2-21-52-41-37(44(17-23-50-24-20-47)40(49)51-22-16-42)27-35(43-53-28-29-10-4-3-5-11-29)33-25-30(12-6-8-18-45)32(13-7-9-19-46)38(39(33)41)34-26-31(48)14-15-36(34)54-41/h2-5,10-11,14-15,25-26,30,32,37-39,45-48H,1,6-9,12-13,16-24,27-28H2/t30-,32+,37-,38+,39+,41+/m0/s1. The van der Waals surface area contributed by atoms with E-state index < -0.39 is 23.8 Å². The van der Waals surface area contributed by atoms with Crippen molar-refractivity contribution < 1.29 is 49.0 Å². The van der Waals surface area contributed by atoms with Gasteiger partial charge < -0.3 is 44.2 Å². The number of aliphatic hydroxyl groups excluding tert-OH is 3. The molecule has 0 radical (unpaired) electrons. The molecule has 1 saturated carbocycles. The van der Waals surface area contributed by atoms with Gasteiger partial charge in [-0.1, -0.05) is 60.5 Å². The largest absolute Gasteiger partial charge is 0.508 e. The highest BCUT2D eigenvalue weighted by Crippen LogP contribution is 2.61. The van der Waals surface area contributed by atoms with Crippen LogP contribution in [0.1, 0.15) is 62.0 Å². The zero-order chi connectivity index (χ0) is 38.3. The Morgan fingerprint density at radius 1 is 1.02 bits per heavy atom. The molecule has 3 aliphatic rings. The fourth-order valence-electron chi connectivity index (χ4n) is 8.33. The maximum atomic E-state index is 14.1. The fraction of sp³-hybridized carbons (Fsp3) is 0.561. The number of allylic oxidation sites excluding steroid dienone is 1. The van der Waals surface area contributed by atoms with Gasteiger partial charge in [0.25, 0.3) is 0 Å². The molecular weight excluding hydrogens is 716 g/mol. The Labute approximate surface area is 322 Å². The molecule has 54 heavy (non-hydrogen) atoms. The molecule has 6 atom stereocenters. The second-order valence-electron chi connectivity index (χ2n) is 13.9. The highest BCUT2D eigenvalue weighted by molar-refractivity contribution is 6.18. The molecular formula is C41H55ClN2O10. The van der Waals surface area contributed by atoms with Crippen LogP contribution in [-0.2, 0) is 25.7 Å². The highest BCUT2D eigenvalue weighted by atomic mass is 35.5. The van der Waals surface area contributed by atoms with Crippen LogP contribution in [0.5, 0.6) is 11.5 Å². The molecule has 2 aliphatic carbocycles. The van der Waals surface area contributed by atoms with Crippen LogP contribution in [0.2, 0.25) is 0 Å². The van der Waals surface area contributed by atoms with Gasteiger partial charge in [-0.3, -0.25) is 4.90 Å². The van der Waals surface area contributed by atoms with Crippen molar-refractivity contribution in [2.75, 3.05) is 58.7 Å².